The molecule has 2 aromatic carbocycles. The maximum Gasteiger partial charge on any atom is 0.260 e. The maximum atomic E-state index is 13.3. The number of carbonyl (C=O) groups is 2. The Labute approximate surface area is 218 Å². The van der Waals surface area contributed by atoms with Gasteiger partial charge < -0.3 is 25.0 Å². The summed E-state index contributed by atoms with van der Waals surface area (Å²) in [5.41, 5.74) is 2.46. The van der Waals surface area contributed by atoms with E-state index in [1.54, 1.807) is 42.2 Å². The van der Waals surface area contributed by atoms with Crippen molar-refractivity contribution in [2.24, 2.45) is 0 Å². The molecule has 1 atom stereocenters. The third kappa shape index (κ3) is 5.37. The molecule has 0 spiro atoms. The Balaban J connectivity index is 1.53. The van der Waals surface area contributed by atoms with Crippen molar-refractivity contribution < 1.29 is 23.8 Å². The van der Waals surface area contributed by atoms with Gasteiger partial charge in [0.1, 0.15) is 23.1 Å². The average Bonchev–Trinajstić information content (AvgIpc) is 3.35. The van der Waals surface area contributed by atoms with Gasteiger partial charge in [-0.15, -0.1) is 0 Å². The van der Waals surface area contributed by atoms with Crippen LogP contribution in [0.4, 0.5) is 10.2 Å². The van der Waals surface area contributed by atoms with Gasteiger partial charge in [-0.3, -0.25) is 20.4 Å². The van der Waals surface area contributed by atoms with Crippen LogP contribution in [-0.2, 0) is 13.1 Å². The number of aromatic nitrogens is 1. The molecular formula is C27H27FN6O4. The summed E-state index contributed by atoms with van der Waals surface area (Å²) in [4.78, 5) is 33.3. The number of aliphatic hydroxyl groups is 1. The SMILES string of the molecule is COc1cc2c(cc1C(=O)Nc1cccc(C(=N)N(C=N)C(C)CO)n1)CN(C(=O)c1ccc(F)cc1)C2. The predicted molar refractivity (Wildman–Crippen MR) is 139 cm³/mol. The molecule has 1 aliphatic rings. The van der Waals surface area contributed by atoms with E-state index < -0.39 is 17.8 Å². The van der Waals surface area contributed by atoms with Crippen LogP contribution >= 0.6 is 0 Å². The van der Waals surface area contributed by atoms with Crippen molar-refractivity contribution in [2.75, 3.05) is 19.0 Å². The van der Waals surface area contributed by atoms with Crippen molar-refractivity contribution in [3.63, 3.8) is 0 Å². The second kappa shape index (κ2) is 11.2. The number of pyridine rings is 1. The quantitative estimate of drug-likeness (QED) is 0.266. The first-order valence-corrected chi connectivity index (χ1v) is 11.8. The van der Waals surface area contributed by atoms with Crippen molar-refractivity contribution in [1.82, 2.24) is 14.8 Å². The molecule has 0 bridgehead atoms. The van der Waals surface area contributed by atoms with Crippen LogP contribution < -0.4 is 10.1 Å². The van der Waals surface area contributed by atoms with E-state index in [0.717, 1.165) is 17.5 Å². The maximum absolute atomic E-state index is 13.3. The Morgan fingerprint density at radius 3 is 2.53 bits per heavy atom. The normalized spacial score (nSPS) is 12.9. The number of amides is 2. The van der Waals surface area contributed by atoms with E-state index >= 15 is 0 Å². The van der Waals surface area contributed by atoms with Gasteiger partial charge in [0.05, 0.1) is 31.7 Å². The number of rotatable bonds is 8. The van der Waals surface area contributed by atoms with Gasteiger partial charge in [0.2, 0.25) is 0 Å². The van der Waals surface area contributed by atoms with Crippen molar-refractivity contribution in [3.8, 4) is 5.75 Å². The summed E-state index contributed by atoms with van der Waals surface area (Å²) < 4.78 is 18.7. The summed E-state index contributed by atoms with van der Waals surface area (Å²) in [7, 11) is 1.45. The zero-order chi connectivity index (χ0) is 27.4. The Morgan fingerprint density at radius 2 is 1.89 bits per heavy atom. The number of fused-ring (bicyclic) bond motifs is 1. The number of hydrogen-bond acceptors (Lipinski definition) is 7. The second-order valence-corrected chi connectivity index (χ2v) is 8.77. The highest BCUT2D eigenvalue weighted by Gasteiger charge is 2.27. The second-order valence-electron chi connectivity index (χ2n) is 8.77. The number of carbonyl (C=O) groups excluding carboxylic acids is 2. The Bertz CT molecular complexity index is 1390. The van der Waals surface area contributed by atoms with E-state index in [0.29, 0.717) is 17.9 Å². The molecule has 1 aromatic heterocycles. The molecule has 4 rings (SSSR count). The molecule has 3 aromatic rings. The highest BCUT2D eigenvalue weighted by atomic mass is 19.1. The third-order valence-electron chi connectivity index (χ3n) is 6.24. The van der Waals surface area contributed by atoms with Crippen LogP contribution in [0.5, 0.6) is 5.75 Å². The Morgan fingerprint density at radius 1 is 1.21 bits per heavy atom. The minimum Gasteiger partial charge on any atom is -0.496 e. The number of methoxy groups -OCH3 is 1. The summed E-state index contributed by atoms with van der Waals surface area (Å²) in [6.07, 6.45) is 0.940. The van der Waals surface area contributed by atoms with Gasteiger partial charge in [0, 0.05) is 18.7 Å². The predicted octanol–water partition coefficient (Wildman–Crippen LogP) is 3.25. The number of ether oxygens (including phenoxy) is 1. The number of amidine groups is 1. The molecule has 2 heterocycles. The van der Waals surface area contributed by atoms with Crippen LogP contribution in [0.1, 0.15) is 44.5 Å². The van der Waals surface area contributed by atoms with Gasteiger partial charge in [-0.2, -0.15) is 0 Å². The fourth-order valence-electron chi connectivity index (χ4n) is 4.15. The number of nitrogens with one attached hydrogen (secondary N) is 3. The lowest BCUT2D eigenvalue weighted by Crippen LogP contribution is -2.39. The van der Waals surface area contributed by atoms with Crippen LogP contribution in [0.15, 0.2) is 54.6 Å². The van der Waals surface area contributed by atoms with Gasteiger partial charge in [0.25, 0.3) is 11.8 Å². The molecule has 1 unspecified atom stereocenters. The molecule has 4 N–H and O–H groups in total. The summed E-state index contributed by atoms with van der Waals surface area (Å²) in [6, 6.07) is 13.0. The van der Waals surface area contributed by atoms with E-state index in [9.17, 15) is 19.1 Å². The summed E-state index contributed by atoms with van der Waals surface area (Å²) >= 11 is 0. The molecule has 0 radical (unpaired) electrons. The van der Waals surface area contributed by atoms with Crippen LogP contribution in [0, 0.1) is 16.6 Å². The van der Waals surface area contributed by atoms with Gasteiger partial charge in [-0.25, -0.2) is 9.37 Å². The Kier molecular flexibility index (Phi) is 7.77. The molecule has 11 heteroatoms. The molecule has 1 aliphatic heterocycles. The zero-order valence-corrected chi connectivity index (χ0v) is 20.9. The molecule has 0 fully saturated rings. The minimum atomic E-state index is -0.495. The Hall–Kier alpha value is -4.64. The fourth-order valence-corrected chi connectivity index (χ4v) is 4.15. The molecule has 38 heavy (non-hydrogen) atoms. The molecule has 2 amide bonds. The lowest BCUT2D eigenvalue weighted by atomic mass is 10.0. The van der Waals surface area contributed by atoms with E-state index in [1.807, 2.05) is 0 Å². The standard InChI is InChI=1S/C27H27FN6O4/c1-16(14-35)34(15-29)25(30)22-4-3-5-24(31-22)32-26(36)21-10-18-12-33(13-19(18)11-23(21)38-2)27(37)17-6-8-20(28)9-7-17/h3-11,15-16,29-30,35H,12-14H2,1-2H3,(H,31,32,36). The van der Waals surface area contributed by atoms with Crippen molar-refractivity contribution in [2.45, 2.75) is 26.1 Å². The zero-order valence-electron chi connectivity index (χ0n) is 20.9. The highest BCUT2D eigenvalue weighted by molar-refractivity contribution is 6.07. The summed E-state index contributed by atoms with van der Waals surface area (Å²) in [6.45, 7) is 2.02. The van der Waals surface area contributed by atoms with E-state index in [-0.39, 0.29) is 42.0 Å². The van der Waals surface area contributed by atoms with Crippen LogP contribution in [0.2, 0.25) is 0 Å². The lowest BCUT2D eigenvalue weighted by molar-refractivity contribution is 0.0751. The summed E-state index contributed by atoms with van der Waals surface area (Å²) in [5.74, 6) is -0.739. The van der Waals surface area contributed by atoms with Crippen molar-refractivity contribution >= 4 is 29.8 Å². The van der Waals surface area contributed by atoms with Gasteiger partial charge >= 0.3 is 0 Å². The number of halogens is 1. The average molecular weight is 519 g/mol. The van der Waals surface area contributed by atoms with Crippen molar-refractivity contribution in [1.29, 1.82) is 10.8 Å². The lowest BCUT2D eigenvalue weighted by Gasteiger charge is -2.25. The third-order valence-corrected chi connectivity index (χ3v) is 6.24. The van der Waals surface area contributed by atoms with Gasteiger partial charge in [-0.1, -0.05) is 6.07 Å². The number of nitrogens with zero attached hydrogens (tertiary/aromatic N) is 3. The minimum absolute atomic E-state index is 0.0985. The monoisotopic (exact) mass is 518 g/mol. The van der Waals surface area contributed by atoms with Crippen LogP contribution in [-0.4, -0.2) is 63.6 Å². The first-order chi connectivity index (χ1) is 18.2. The highest BCUT2D eigenvalue weighted by Crippen LogP contribution is 2.31. The molecule has 0 saturated carbocycles. The van der Waals surface area contributed by atoms with Crippen LogP contribution in [0.3, 0.4) is 0 Å². The van der Waals surface area contributed by atoms with Gasteiger partial charge in [-0.05, 0) is 66.6 Å². The van der Waals surface area contributed by atoms with E-state index in [2.05, 4.69) is 10.3 Å². The molecular weight excluding hydrogens is 491 g/mol. The fraction of sp³-hybridized carbons (Fsp3) is 0.222. The van der Waals surface area contributed by atoms with Crippen molar-refractivity contribution in [3.05, 3.63) is 88.4 Å². The molecule has 0 saturated heterocycles. The molecule has 196 valence electrons. The molecule has 0 aliphatic carbocycles. The summed E-state index contributed by atoms with van der Waals surface area (Å²) in [5, 5.41) is 28.0. The molecule has 10 nitrogen and oxygen atoms in total. The largest absolute Gasteiger partial charge is 0.496 e. The smallest absolute Gasteiger partial charge is 0.260 e. The topological polar surface area (TPSA) is 143 Å². The van der Waals surface area contributed by atoms with Gasteiger partial charge in [0.15, 0.2) is 5.84 Å². The van der Waals surface area contributed by atoms with E-state index in [4.69, 9.17) is 15.6 Å². The first-order valence-electron chi connectivity index (χ1n) is 11.8. The number of hydrogen-bond donors (Lipinski definition) is 4. The number of anilines is 1. The number of aliphatic hydroxyl groups excluding tert-OH is 1. The van der Waals surface area contributed by atoms with Crippen LogP contribution in [0.25, 0.3) is 0 Å². The van der Waals surface area contributed by atoms with E-state index in [1.165, 1.54) is 36.3 Å². The number of benzene rings is 2. The first kappa shape index (κ1) is 26.4.